The Hall–Kier alpha value is -0.870. The van der Waals surface area contributed by atoms with Crippen LogP contribution in [-0.4, -0.2) is 22.0 Å². The molecule has 2 aromatic rings. The molecule has 0 fully saturated rings. The van der Waals surface area contributed by atoms with E-state index in [1.807, 2.05) is 0 Å². The van der Waals surface area contributed by atoms with Crippen LogP contribution in [0, 0.1) is 5.41 Å². The van der Waals surface area contributed by atoms with Gasteiger partial charge in [0.1, 0.15) is 0 Å². The quantitative estimate of drug-likeness (QED) is 0.898. The Morgan fingerprint density at radius 2 is 2.22 bits per heavy atom. The van der Waals surface area contributed by atoms with Gasteiger partial charge in [-0.25, -0.2) is 4.98 Å². The maximum Gasteiger partial charge on any atom is 0.193 e. The third-order valence-corrected chi connectivity index (χ3v) is 3.72. The van der Waals surface area contributed by atoms with Crippen LogP contribution in [0.25, 0.3) is 4.96 Å². The number of nitrogens with one attached hydrogen (secondary N) is 1. The highest BCUT2D eigenvalue weighted by Gasteiger charge is 2.19. The summed E-state index contributed by atoms with van der Waals surface area (Å²) in [4.78, 5) is 5.76. The number of hydrogen-bond donors (Lipinski definition) is 1. The average Bonchev–Trinajstić information content (AvgIpc) is 2.75. The molecule has 3 nitrogen and oxygen atoms in total. The lowest BCUT2D eigenvalue weighted by molar-refractivity contribution is 0.308. The second-order valence-corrected chi connectivity index (χ2v) is 6.92. The summed E-state index contributed by atoms with van der Waals surface area (Å²) in [6, 6.07) is 0.514. The van der Waals surface area contributed by atoms with Gasteiger partial charge >= 0.3 is 0 Å². The molecule has 2 heterocycles. The summed E-state index contributed by atoms with van der Waals surface area (Å²) in [6.45, 7) is 10.1. The summed E-state index contributed by atoms with van der Waals surface area (Å²) in [5, 5.41) is 5.65. The number of imidazole rings is 1. The van der Waals surface area contributed by atoms with Crippen molar-refractivity contribution in [3.8, 4) is 0 Å². The predicted molar refractivity (Wildman–Crippen MR) is 78.3 cm³/mol. The smallest absolute Gasteiger partial charge is 0.193 e. The SMILES string of the molecule is CCNC(Cc1cn2ccsc2n1)CC(C)(C)C. The maximum atomic E-state index is 4.67. The van der Waals surface area contributed by atoms with Crippen LogP contribution < -0.4 is 5.32 Å². The summed E-state index contributed by atoms with van der Waals surface area (Å²) < 4.78 is 2.11. The topological polar surface area (TPSA) is 29.3 Å². The number of hydrogen-bond acceptors (Lipinski definition) is 3. The molecule has 2 rings (SSSR count). The number of nitrogens with zero attached hydrogens (tertiary/aromatic N) is 2. The van der Waals surface area contributed by atoms with E-state index in [0.717, 1.165) is 17.9 Å². The van der Waals surface area contributed by atoms with Gasteiger partial charge < -0.3 is 5.32 Å². The lowest BCUT2D eigenvalue weighted by Crippen LogP contribution is -2.34. The van der Waals surface area contributed by atoms with Gasteiger partial charge in [-0.1, -0.05) is 27.7 Å². The van der Waals surface area contributed by atoms with E-state index in [-0.39, 0.29) is 0 Å². The molecular formula is C14H23N3S. The van der Waals surface area contributed by atoms with Gasteiger partial charge in [-0.3, -0.25) is 4.40 Å². The van der Waals surface area contributed by atoms with E-state index in [2.05, 4.69) is 60.2 Å². The molecule has 1 unspecified atom stereocenters. The molecule has 0 saturated carbocycles. The number of aromatic nitrogens is 2. The van der Waals surface area contributed by atoms with Crippen LogP contribution in [0.2, 0.25) is 0 Å². The Bertz CT molecular complexity index is 464. The van der Waals surface area contributed by atoms with E-state index in [1.54, 1.807) is 11.3 Å². The number of thiazole rings is 1. The van der Waals surface area contributed by atoms with Gasteiger partial charge in [0.15, 0.2) is 4.96 Å². The molecule has 0 aliphatic heterocycles. The van der Waals surface area contributed by atoms with Gasteiger partial charge in [0.05, 0.1) is 5.69 Å². The molecule has 4 heteroatoms. The maximum absolute atomic E-state index is 4.67. The zero-order chi connectivity index (χ0) is 13.2. The van der Waals surface area contributed by atoms with Crippen molar-refractivity contribution in [1.82, 2.24) is 14.7 Å². The van der Waals surface area contributed by atoms with Crippen molar-refractivity contribution in [3.63, 3.8) is 0 Å². The first-order valence-corrected chi connectivity index (χ1v) is 7.50. The minimum atomic E-state index is 0.351. The van der Waals surface area contributed by atoms with E-state index in [0.29, 0.717) is 11.5 Å². The second kappa shape index (κ2) is 5.41. The molecule has 0 aromatic carbocycles. The van der Waals surface area contributed by atoms with Crippen molar-refractivity contribution in [2.75, 3.05) is 6.54 Å². The Balaban J connectivity index is 2.06. The molecule has 1 atom stereocenters. The molecule has 18 heavy (non-hydrogen) atoms. The first-order valence-electron chi connectivity index (χ1n) is 6.62. The van der Waals surface area contributed by atoms with E-state index in [1.165, 1.54) is 12.1 Å². The van der Waals surface area contributed by atoms with Gasteiger partial charge in [-0.05, 0) is 18.4 Å². The highest BCUT2D eigenvalue weighted by molar-refractivity contribution is 7.15. The van der Waals surface area contributed by atoms with Crippen molar-refractivity contribution in [3.05, 3.63) is 23.5 Å². The fraction of sp³-hybridized carbons (Fsp3) is 0.643. The lowest BCUT2D eigenvalue weighted by atomic mass is 9.86. The standard InChI is InChI=1S/C14H23N3S/c1-5-15-11(9-14(2,3)4)8-12-10-17-6-7-18-13(17)16-12/h6-7,10-11,15H,5,8-9H2,1-4H3. The summed E-state index contributed by atoms with van der Waals surface area (Å²) in [6.07, 6.45) is 6.41. The Morgan fingerprint density at radius 1 is 1.44 bits per heavy atom. The Kier molecular flexibility index (Phi) is 4.07. The summed E-state index contributed by atoms with van der Waals surface area (Å²) in [7, 11) is 0. The molecule has 1 N–H and O–H groups in total. The van der Waals surface area contributed by atoms with Gasteiger partial charge in [-0.2, -0.15) is 0 Å². The van der Waals surface area contributed by atoms with Gasteiger partial charge in [0.2, 0.25) is 0 Å². The van der Waals surface area contributed by atoms with Crippen LogP contribution >= 0.6 is 11.3 Å². The average molecular weight is 265 g/mol. The third kappa shape index (κ3) is 3.56. The highest BCUT2D eigenvalue weighted by atomic mass is 32.1. The van der Waals surface area contributed by atoms with E-state index >= 15 is 0 Å². The monoisotopic (exact) mass is 265 g/mol. The van der Waals surface area contributed by atoms with Crippen LogP contribution in [0.5, 0.6) is 0 Å². The zero-order valence-electron chi connectivity index (χ0n) is 11.7. The minimum Gasteiger partial charge on any atom is -0.314 e. The summed E-state index contributed by atoms with van der Waals surface area (Å²) >= 11 is 1.69. The normalized spacial score (nSPS) is 14.2. The molecule has 0 aliphatic rings. The van der Waals surface area contributed by atoms with E-state index in [9.17, 15) is 0 Å². The van der Waals surface area contributed by atoms with E-state index in [4.69, 9.17) is 0 Å². The predicted octanol–water partition coefficient (Wildman–Crippen LogP) is 3.35. The van der Waals surface area contributed by atoms with Crippen LogP contribution in [0.4, 0.5) is 0 Å². The van der Waals surface area contributed by atoms with E-state index < -0.39 is 0 Å². The number of likely N-dealkylation sites (N-methyl/N-ethyl adjacent to an activating group) is 1. The third-order valence-electron chi connectivity index (χ3n) is 2.95. The van der Waals surface area contributed by atoms with Crippen LogP contribution in [0.3, 0.4) is 0 Å². The first-order chi connectivity index (χ1) is 8.48. The fourth-order valence-electron chi connectivity index (χ4n) is 2.37. The zero-order valence-corrected chi connectivity index (χ0v) is 12.5. The molecule has 100 valence electrons. The second-order valence-electron chi connectivity index (χ2n) is 6.05. The minimum absolute atomic E-state index is 0.351. The molecule has 2 aromatic heterocycles. The van der Waals surface area contributed by atoms with Crippen molar-refractivity contribution in [2.45, 2.75) is 46.6 Å². The molecule has 0 bridgehead atoms. The molecule has 0 spiro atoms. The molecule has 0 saturated heterocycles. The number of rotatable bonds is 5. The van der Waals surface area contributed by atoms with Crippen molar-refractivity contribution >= 4 is 16.3 Å². The highest BCUT2D eigenvalue weighted by Crippen LogP contribution is 2.23. The first kappa shape index (κ1) is 13.6. The van der Waals surface area contributed by atoms with Crippen molar-refractivity contribution < 1.29 is 0 Å². The van der Waals surface area contributed by atoms with Gasteiger partial charge in [-0.15, -0.1) is 11.3 Å². The Labute approximate surface area is 113 Å². The van der Waals surface area contributed by atoms with Crippen molar-refractivity contribution in [1.29, 1.82) is 0 Å². The Morgan fingerprint density at radius 3 is 2.83 bits per heavy atom. The van der Waals surface area contributed by atoms with Crippen molar-refractivity contribution in [2.24, 2.45) is 5.41 Å². The van der Waals surface area contributed by atoms with Crippen LogP contribution in [0.1, 0.15) is 39.8 Å². The fourth-order valence-corrected chi connectivity index (χ4v) is 3.09. The molecule has 0 radical (unpaired) electrons. The summed E-state index contributed by atoms with van der Waals surface area (Å²) in [5.74, 6) is 0. The van der Waals surface area contributed by atoms with Gasteiger partial charge in [0.25, 0.3) is 0 Å². The summed E-state index contributed by atoms with van der Waals surface area (Å²) in [5.41, 5.74) is 1.54. The van der Waals surface area contributed by atoms with Gasteiger partial charge in [0, 0.05) is 30.2 Å². The number of fused-ring (bicyclic) bond motifs is 1. The van der Waals surface area contributed by atoms with Crippen LogP contribution in [0.15, 0.2) is 17.8 Å². The lowest BCUT2D eigenvalue weighted by Gasteiger charge is -2.26. The van der Waals surface area contributed by atoms with Crippen LogP contribution in [-0.2, 0) is 6.42 Å². The molecule has 0 aliphatic carbocycles. The molecule has 0 amide bonds. The molecular weight excluding hydrogens is 242 g/mol. The largest absolute Gasteiger partial charge is 0.314 e.